The number of imidazole rings is 1. The van der Waals surface area contributed by atoms with Crippen LogP contribution < -0.4 is 10.2 Å². The zero-order valence-electron chi connectivity index (χ0n) is 17.5. The second-order valence-corrected chi connectivity index (χ2v) is 7.26. The summed E-state index contributed by atoms with van der Waals surface area (Å²) in [5, 5.41) is 2.79. The minimum Gasteiger partial charge on any atom is -0.338 e. The molecule has 1 heterocycles. The van der Waals surface area contributed by atoms with Crippen LogP contribution in [0, 0.1) is 24.0 Å². The topological polar surface area (TPSA) is 78.1 Å². The zero-order valence-corrected chi connectivity index (χ0v) is 17.5. The maximum absolute atomic E-state index is 13.4. The lowest BCUT2D eigenvalue weighted by atomic mass is 10.1. The van der Waals surface area contributed by atoms with E-state index >= 15 is 0 Å². The number of amides is 2. The van der Waals surface area contributed by atoms with Gasteiger partial charge in [-0.15, -0.1) is 6.42 Å². The molecule has 2 amide bonds. The van der Waals surface area contributed by atoms with Gasteiger partial charge in [0.2, 0.25) is 5.91 Å². The highest BCUT2D eigenvalue weighted by atomic mass is 19.2. The molecule has 0 fully saturated rings. The van der Waals surface area contributed by atoms with Gasteiger partial charge in [-0.3, -0.25) is 9.59 Å². The van der Waals surface area contributed by atoms with Gasteiger partial charge in [0.05, 0.1) is 17.6 Å². The van der Waals surface area contributed by atoms with Crippen LogP contribution in [0.1, 0.15) is 17.3 Å². The number of nitrogens with zero attached hydrogens (tertiary/aromatic N) is 2. The minimum atomic E-state index is -0.964. The first-order chi connectivity index (χ1) is 15.9. The Morgan fingerprint density at radius 2 is 1.82 bits per heavy atom. The summed E-state index contributed by atoms with van der Waals surface area (Å²) in [5.74, 6) is 0.371. The van der Waals surface area contributed by atoms with Crippen LogP contribution in [0.5, 0.6) is 0 Å². The lowest BCUT2D eigenvalue weighted by molar-refractivity contribution is -0.116. The second-order valence-electron chi connectivity index (χ2n) is 7.26. The van der Waals surface area contributed by atoms with Crippen molar-refractivity contribution in [2.24, 2.45) is 0 Å². The summed E-state index contributed by atoms with van der Waals surface area (Å²) in [7, 11) is 0. The number of fused-ring (bicyclic) bond motifs is 1. The number of carbonyl (C=O) groups excluding carboxylic acids is 2. The smallest absolute Gasteiger partial charge is 0.255 e. The number of benzene rings is 3. The van der Waals surface area contributed by atoms with Crippen LogP contribution in [0.2, 0.25) is 0 Å². The molecule has 1 aromatic heterocycles. The van der Waals surface area contributed by atoms with Crippen LogP contribution in [0.4, 0.5) is 20.2 Å². The van der Waals surface area contributed by atoms with E-state index in [0.29, 0.717) is 39.4 Å². The molecule has 0 aliphatic heterocycles. The lowest BCUT2D eigenvalue weighted by Crippen LogP contribution is -2.29. The third-order valence-corrected chi connectivity index (χ3v) is 4.99. The first kappa shape index (κ1) is 21.7. The summed E-state index contributed by atoms with van der Waals surface area (Å²) in [6.07, 6.45) is 5.33. The van der Waals surface area contributed by atoms with E-state index in [-0.39, 0.29) is 18.4 Å². The van der Waals surface area contributed by atoms with E-state index in [1.54, 1.807) is 48.5 Å². The Morgan fingerprint density at radius 3 is 2.52 bits per heavy atom. The molecule has 33 heavy (non-hydrogen) atoms. The maximum Gasteiger partial charge on any atom is 0.255 e. The molecule has 3 aromatic carbocycles. The van der Waals surface area contributed by atoms with Gasteiger partial charge >= 0.3 is 0 Å². The molecule has 164 valence electrons. The third kappa shape index (κ3) is 4.57. The van der Waals surface area contributed by atoms with Gasteiger partial charge in [0, 0.05) is 41.6 Å². The van der Waals surface area contributed by atoms with Crippen molar-refractivity contribution in [3.05, 3.63) is 77.9 Å². The summed E-state index contributed by atoms with van der Waals surface area (Å²) < 4.78 is 26.9. The Balaban J connectivity index is 1.52. The summed E-state index contributed by atoms with van der Waals surface area (Å²) in [5.41, 5.74) is 2.80. The highest BCUT2D eigenvalue weighted by Gasteiger charge is 2.14. The van der Waals surface area contributed by atoms with E-state index < -0.39 is 11.6 Å². The van der Waals surface area contributed by atoms with Crippen molar-refractivity contribution in [2.75, 3.05) is 16.8 Å². The van der Waals surface area contributed by atoms with Gasteiger partial charge in [0.15, 0.2) is 11.6 Å². The molecule has 0 aliphatic rings. The summed E-state index contributed by atoms with van der Waals surface area (Å²) in [6.45, 7) is 1.50. The van der Waals surface area contributed by atoms with Crippen molar-refractivity contribution in [3.63, 3.8) is 0 Å². The first-order valence-corrected chi connectivity index (χ1v) is 9.94. The second kappa shape index (κ2) is 8.93. The number of hydrogen-bond acceptors (Lipinski definition) is 3. The predicted molar refractivity (Wildman–Crippen MR) is 123 cm³/mol. The fourth-order valence-electron chi connectivity index (χ4n) is 3.35. The molecule has 0 saturated carbocycles. The van der Waals surface area contributed by atoms with Gasteiger partial charge in [0.1, 0.15) is 5.82 Å². The van der Waals surface area contributed by atoms with E-state index in [2.05, 4.69) is 21.2 Å². The molecule has 0 bridgehead atoms. The van der Waals surface area contributed by atoms with E-state index in [9.17, 15) is 18.4 Å². The highest BCUT2D eigenvalue weighted by Crippen LogP contribution is 2.24. The Kier molecular flexibility index (Phi) is 5.87. The Hall–Kier alpha value is -4.51. The molecule has 8 heteroatoms. The van der Waals surface area contributed by atoms with Crippen molar-refractivity contribution in [3.8, 4) is 23.7 Å². The number of carbonyl (C=O) groups is 2. The van der Waals surface area contributed by atoms with Crippen LogP contribution in [0.15, 0.2) is 60.7 Å². The van der Waals surface area contributed by atoms with Crippen LogP contribution in [0.25, 0.3) is 22.4 Å². The van der Waals surface area contributed by atoms with E-state index in [1.165, 1.54) is 11.8 Å². The van der Waals surface area contributed by atoms with Crippen molar-refractivity contribution >= 4 is 34.2 Å². The Morgan fingerprint density at radius 1 is 1.09 bits per heavy atom. The van der Waals surface area contributed by atoms with E-state index in [0.717, 1.165) is 12.1 Å². The number of terminal acetylenes is 1. The highest BCUT2D eigenvalue weighted by molar-refractivity contribution is 6.05. The molecule has 2 N–H and O–H groups in total. The normalized spacial score (nSPS) is 10.6. The SMILES string of the molecule is C#CCN(C(C)=O)c1cccc(C(=O)Nc2ccc(-c3nc4cc(F)c(F)cc4[nH]3)cc2)c1. The molecule has 0 radical (unpaired) electrons. The fourth-order valence-corrected chi connectivity index (χ4v) is 3.35. The number of nitrogens with one attached hydrogen (secondary N) is 2. The van der Waals surface area contributed by atoms with Crippen LogP contribution in [-0.4, -0.2) is 28.3 Å². The number of hydrogen-bond donors (Lipinski definition) is 2. The lowest BCUT2D eigenvalue weighted by Gasteiger charge is -2.19. The number of rotatable bonds is 5. The van der Waals surface area contributed by atoms with Crippen molar-refractivity contribution in [2.45, 2.75) is 6.92 Å². The summed E-state index contributed by atoms with van der Waals surface area (Å²) in [6, 6.07) is 15.5. The molecule has 0 unspecified atom stereocenters. The van der Waals surface area contributed by atoms with Gasteiger partial charge in [-0.1, -0.05) is 12.0 Å². The molecule has 0 saturated heterocycles. The molecular formula is C25H18F2N4O2. The van der Waals surface area contributed by atoms with Gasteiger partial charge < -0.3 is 15.2 Å². The molecule has 6 nitrogen and oxygen atoms in total. The third-order valence-electron chi connectivity index (χ3n) is 4.99. The maximum atomic E-state index is 13.4. The van der Waals surface area contributed by atoms with Crippen molar-refractivity contribution in [1.82, 2.24) is 9.97 Å². The summed E-state index contributed by atoms with van der Waals surface area (Å²) in [4.78, 5) is 33.2. The van der Waals surface area contributed by atoms with Gasteiger partial charge in [0.25, 0.3) is 5.91 Å². The minimum absolute atomic E-state index is 0.100. The van der Waals surface area contributed by atoms with Crippen LogP contribution >= 0.6 is 0 Å². The number of H-pyrrole nitrogens is 1. The molecule has 0 atom stereocenters. The fraction of sp³-hybridized carbons (Fsp3) is 0.0800. The first-order valence-electron chi connectivity index (χ1n) is 9.94. The monoisotopic (exact) mass is 444 g/mol. The molecule has 4 aromatic rings. The molecular weight excluding hydrogens is 426 g/mol. The molecule has 4 rings (SSSR count). The van der Waals surface area contributed by atoms with E-state index in [4.69, 9.17) is 6.42 Å². The van der Waals surface area contributed by atoms with Gasteiger partial charge in [-0.05, 0) is 42.5 Å². The zero-order chi connectivity index (χ0) is 23.5. The predicted octanol–water partition coefficient (Wildman–Crippen LogP) is 4.75. The van der Waals surface area contributed by atoms with Crippen molar-refractivity contribution in [1.29, 1.82) is 0 Å². The number of halogens is 2. The largest absolute Gasteiger partial charge is 0.338 e. The average Bonchev–Trinajstić information content (AvgIpc) is 3.20. The van der Waals surface area contributed by atoms with Gasteiger partial charge in [-0.2, -0.15) is 0 Å². The van der Waals surface area contributed by atoms with Crippen LogP contribution in [-0.2, 0) is 4.79 Å². The van der Waals surface area contributed by atoms with Gasteiger partial charge in [-0.25, -0.2) is 13.8 Å². The van der Waals surface area contributed by atoms with Crippen molar-refractivity contribution < 1.29 is 18.4 Å². The average molecular weight is 444 g/mol. The molecule has 0 spiro atoms. The Labute approximate surface area is 188 Å². The quantitative estimate of drug-likeness (QED) is 0.436. The standard InChI is InChI=1S/C25H18F2N4O2/c1-3-11-31(15(2)32)19-6-4-5-17(12-19)25(33)28-18-9-7-16(8-10-18)24-29-22-13-20(26)21(27)14-23(22)30-24/h1,4-10,12-14H,11H2,2H3,(H,28,33)(H,29,30). The number of anilines is 2. The summed E-state index contributed by atoms with van der Waals surface area (Å²) >= 11 is 0. The Bertz CT molecular complexity index is 1370. The van der Waals surface area contributed by atoms with E-state index in [1.807, 2.05) is 0 Å². The number of aromatic nitrogens is 2. The molecule has 0 aliphatic carbocycles. The number of aromatic amines is 1. The van der Waals surface area contributed by atoms with Crippen LogP contribution in [0.3, 0.4) is 0 Å².